The van der Waals surface area contributed by atoms with Crippen molar-refractivity contribution in [2.24, 2.45) is 0 Å². The van der Waals surface area contributed by atoms with Crippen LogP contribution in [0.25, 0.3) is 0 Å². The van der Waals surface area contributed by atoms with E-state index in [9.17, 15) is 14.4 Å². The van der Waals surface area contributed by atoms with Crippen molar-refractivity contribution in [1.29, 1.82) is 0 Å². The Morgan fingerprint density at radius 3 is 2.18 bits per heavy atom. The molecule has 4 rings (SSSR count). The second-order valence-electron chi connectivity index (χ2n) is 8.30. The van der Waals surface area contributed by atoms with Gasteiger partial charge in [0.15, 0.2) is 0 Å². The number of para-hydroxylation sites is 1. The van der Waals surface area contributed by atoms with Crippen LogP contribution in [0.15, 0.2) is 71.5 Å². The molecule has 2 aromatic carbocycles. The van der Waals surface area contributed by atoms with Gasteiger partial charge in [-0.3, -0.25) is 14.4 Å². The van der Waals surface area contributed by atoms with Gasteiger partial charge in [-0.05, 0) is 50.2 Å². The molecule has 0 bridgehead atoms. The minimum atomic E-state index is -0.383. The van der Waals surface area contributed by atoms with E-state index < -0.39 is 0 Å². The molecule has 0 radical (unpaired) electrons. The Morgan fingerprint density at radius 2 is 1.52 bits per heavy atom. The number of carbonyl (C=O) groups excluding carboxylic acids is 2. The largest absolute Gasteiger partial charge is 0.368 e. The van der Waals surface area contributed by atoms with E-state index >= 15 is 0 Å². The molecular formula is C26H28N4O3. The van der Waals surface area contributed by atoms with Gasteiger partial charge in [0.25, 0.3) is 11.5 Å². The summed E-state index contributed by atoms with van der Waals surface area (Å²) in [7, 11) is 0. The van der Waals surface area contributed by atoms with Crippen LogP contribution >= 0.6 is 0 Å². The van der Waals surface area contributed by atoms with Gasteiger partial charge in [-0.15, -0.1) is 0 Å². The van der Waals surface area contributed by atoms with E-state index in [1.165, 1.54) is 4.57 Å². The van der Waals surface area contributed by atoms with Crippen LogP contribution in [0.1, 0.15) is 21.6 Å². The average molecular weight is 445 g/mol. The highest BCUT2D eigenvalue weighted by molar-refractivity contribution is 6.04. The summed E-state index contributed by atoms with van der Waals surface area (Å²) < 4.78 is 1.43. The molecule has 1 aliphatic heterocycles. The molecule has 7 heteroatoms. The van der Waals surface area contributed by atoms with Crippen molar-refractivity contribution in [1.82, 2.24) is 9.47 Å². The van der Waals surface area contributed by atoms with Gasteiger partial charge in [0.2, 0.25) is 5.91 Å². The number of aromatic nitrogens is 1. The van der Waals surface area contributed by atoms with Crippen LogP contribution in [0.5, 0.6) is 0 Å². The molecule has 7 nitrogen and oxygen atoms in total. The molecule has 1 aromatic heterocycles. The first-order valence-electron chi connectivity index (χ1n) is 11.1. The summed E-state index contributed by atoms with van der Waals surface area (Å²) in [5.74, 6) is -0.458. The molecule has 0 aliphatic carbocycles. The molecule has 1 aliphatic rings. The van der Waals surface area contributed by atoms with Crippen LogP contribution in [0.2, 0.25) is 0 Å². The van der Waals surface area contributed by atoms with Crippen molar-refractivity contribution in [2.75, 3.05) is 36.4 Å². The van der Waals surface area contributed by atoms with E-state index in [4.69, 9.17) is 0 Å². The van der Waals surface area contributed by atoms with Crippen molar-refractivity contribution in [3.8, 4) is 0 Å². The van der Waals surface area contributed by atoms with E-state index in [0.717, 1.165) is 24.3 Å². The summed E-state index contributed by atoms with van der Waals surface area (Å²) in [5, 5.41) is 2.69. The topological polar surface area (TPSA) is 74.7 Å². The van der Waals surface area contributed by atoms with E-state index in [2.05, 4.69) is 22.3 Å². The second-order valence-corrected chi connectivity index (χ2v) is 8.30. The third kappa shape index (κ3) is 5.14. The maximum absolute atomic E-state index is 13.0. The highest BCUT2D eigenvalue weighted by atomic mass is 16.2. The van der Waals surface area contributed by atoms with Crippen molar-refractivity contribution < 1.29 is 9.59 Å². The second kappa shape index (κ2) is 9.73. The number of amides is 2. The number of pyridine rings is 1. The minimum absolute atomic E-state index is 0.0513. The van der Waals surface area contributed by atoms with E-state index in [1.807, 2.05) is 37.3 Å². The molecule has 1 N–H and O–H groups in total. The smallest absolute Gasteiger partial charge is 0.274 e. The predicted octanol–water partition coefficient (Wildman–Crippen LogP) is 3.07. The van der Waals surface area contributed by atoms with Crippen molar-refractivity contribution in [3.63, 3.8) is 0 Å². The molecule has 0 spiro atoms. The van der Waals surface area contributed by atoms with Gasteiger partial charge in [0.1, 0.15) is 12.2 Å². The molecule has 2 amide bonds. The molecule has 3 aromatic rings. The lowest BCUT2D eigenvalue weighted by atomic mass is 10.1. The number of hydrogen-bond donors (Lipinski definition) is 1. The maximum Gasteiger partial charge on any atom is 0.274 e. The number of nitrogens with one attached hydrogen (secondary N) is 1. The number of carbonyl (C=O) groups is 2. The molecule has 1 fully saturated rings. The summed E-state index contributed by atoms with van der Waals surface area (Å²) in [6.07, 6.45) is 0. The summed E-state index contributed by atoms with van der Waals surface area (Å²) in [5.41, 5.74) is 3.12. The fourth-order valence-corrected chi connectivity index (χ4v) is 3.95. The Labute approximate surface area is 193 Å². The lowest BCUT2D eigenvalue weighted by Crippen LogP contribution is -2.50. The Morgan fingerprint density at radius 1 is 0.848 bits per heavy atom. The monoisotopic (exact) mass is 444 g/mol. The van der Waals surface area contributed by atoms with Gasteiger partial charge < -0.3 is 19.7 Å². The number of benzene rings is 2. The lowest BCUT2D eigenvalue weighted by molar-refractivity contribution is -0.132. The fourth-order valence-electron chi connectivity index (χ4n) is 3.95. The Balaban J connectivity index is 1.42. The number of rotatable bonds is 5. The summed E-state index contributed by atoms with van der Waals surface area (Å²) >= 11 is 0. The maximum atomic E-state index is 13.0. The Hall–Kier alpha value is -3.87. The van der Waals surface area contributed by atoms with Gasteiger partial charge in [0.05, 0.1) is 0 Å². The van der Waals surface area contributed by atoms with Crippen molar-refractivity contribution in [3.05, 3.63) is 93.9 Å². The number of anilines is 2. The van der Waals surface area contributed by atoms with E-state index in [1.54, 1.807) is 36.1 Å². The standard InChI is InChI=1S/C26H28N4O3/c1-19-8-11-21(12-9-19)25(32)27-23-13-10-20(2)30(26(23)33)18-24(31)29-16-14-28(15-17-29)22-6-4-3-5-7-22/h3-13H,14-18H2,1-2H3,(H,27,32). The summed E-state index contributed by atoms with van der Waals surface area (Å²) in [6.45, 7) is 6.38. The first-order valence-corrected chi connectivity index (χ1v) is 11.1. The third-order valence-electron chi connectivity index (χ3n) is 6.00. The average Bonchev–Trinajstić information content (AvgIpc) is 2.84. The predicted molar refractivity (Wildman–Crippen MR) is 130 cm³/mol. The van der Waals surface area contributed by atoms with Crippen LogP contribution in [0, 0.1) is 13.8 Å². The zero-order chi connectivity index (χ0) is 23.4. The molecule has 33 heavy (non-hydrogen) atoms. The number of piperazine rings is 1. The highest BCUT2D eigenvalue weighted by Crippen LogP contribution is 2.16. The van der Waals surface area contributed by atoms with Crippen LogP contribution < -0.4 is 15.8 Å². The first kappa shape index (κ1) is 22.3. The highest BCUT2D eigenvalue weighted by Gasteiger charge is 2.22. The van der Waals surface area contributed by atoms with Crippen molar-refractivity contribution >= 4 is 23.2 Å². The third-order valence-corrected chi connectivity index (χ3v) is 6.00. The van der Waals surface area contributed by atoms with Crippen LogP contribution in [0.4, 0.5) is 11.4 Å². The minimum Gasteiger partial charge on any atom is -0.368 e. The van der Waals surface area contributed by atoms with Crippen LogP contribution in [0.3, 0.4) is 0 Å². The SMILES string of the molecule is Cc1ccc(C(=O)Nc2ccc(C)n(CC(=O)N3CCN(c4ccccc4)CC3)c2=O)cc1. The lowest BCUT2D eigenvalue weighted by Gasteiger charge is -2.36. The van der Waals surface area contributed by atoms with Gasteiger partial charge >= 0.3 is 0 Å². The molecule has 0 saturated carbocycles. The molecule has 170 valence electrons. The van der Waals surface area contributed by atoms with Gasteiger partial charge in [-0.2, -0.15) is 0 Å². The number of nitrogens with zero attached hydrogens (tertiary/aromatic N) is 3. The molecular weight excluding hydrogens is 416 g/mol. The van der Waals surface area contributed by atoms with Gasteiger partial charge in [-0.25, -0.2) is 0 Å². The van der Waals surface area contributed by atoms with E-state index in [0.29, 0.717) is 24.3 Å². The Bertz CT molecular complexity index is 1190. The molecule has 1 saturated heterocycles. The molecule has 2 heterocycles. The number of hydrogen-bond acceptors (Lipinski definition) is 4. The van der Waals surface area contributed by atoms with Crippen LogP contribution in [-0.4, -0.2) is 47.5 Å². The molecule has 0 unspecified atom stereocenters. The van der Waals surface area contributed by atoms with Gasteiger partial charge in [-0.1, -0.05) is 35.9 Å². The summed E-state index contributed by atoms with van der Waals surface area (Å²) in [6, 6.07) is 20.6. The van der Waals surface area contributed by atoms with E-state index in [-0.39, 0.29) is 29.6 Å². The number of aryl methyl sites for hydroxylation is 2. The zero-order valence-electron chi connectivity index (χ0n) is 19.0. The molecule has 0 atom stereocenters. The van der Waals surface area contributed by atoms with Crippen molar-refractivity contribution in [2.45, 2.75) is 20.4 Å². The van der Waals surface area contributed by atoms with Gasteiger partial charge in [0, 0.05) is 43.1 Å². The normalized spacial score (nSPS) is 13.6. The summed E-state index contributed by atoms with van der Waals surface area (Å²) in [4.78, 5) is 42.6. The van der Waals surface area contributed by atoms with Crippen LogP contribution in [-0.2, 0) is 11.3 Å². The fraction of sp³-hybridized carbons (Fsp3) is 0.269. The Kier molecular flexibility index (Phi) is 6.58. The quantitative estimate of drug-likeness (QED) is 0.656. The zero-order valence-corrected chi connectivity index (χ0v) is 19.0. The first-order chi connectivity index (χ1) is 15.9.